The number of carbonyl (C=O) groups excluding carboxylic acids is 1. The van der Waals surface area contributed by atoms with Crippen LogP contribution in [0.5, 0.6) is 0 Å². The number of carboxylic acids is 2. The summed E-state index contributed by atoms with van der Waals surface area (Å²) in [4.78, 5) is 32.0. The van der Waals surface area contributed by atoms with Crippen LogP contribution < -0.4 is 5.32 Å². The quantitative estimate of drug-likeness (QED) is 0.565. The first kappa shape index (κ1) is 18.2. The van der Waals surface area contributed by atoms with E-state index in [0.717, 1.165) is 32.6 Å². The number of hydrogen-bond acceptors (Lipinski definition) is 5. The van der Waals surface area contributed by atoms with Gasteiger partial charge in [0.05, 0.1) is 0 Å². The Balaban J connectivity index is 0.000000346. The van der Waals surface area contributed by atoms with Crippen molar-refractivity contribution in [3.63, 3.8) is 0 Å². The van der Waals surface area contributed by atoms with E-state index in [1.165, 1.54) is 6.42 Å². The van der Waals surface area contributed by atoms with Gasteiger partial charge in [-0.3, -0.25) is 0 Å². The molecule has 0 radical (unpaired) electrons. The second-order valence-corrected chi connectivity index (χ2v) is 6.72. The summed E-state index contributed by atoms with van der Waals surface area (Å²) in [7, 11) is 0. The number of carboxylic acid groups (broad SMARTS) is 2. The molecule has 2 fully saturated rings. The molecule has 126 valence electrons. The van der Waals surface area contributed by atoms with Gasteiger partial charge in [-0.15, -0.1) is 0 Å². The molecule has 2 saturated heterocycles. The minimum atomic E-state index is -1.82. The van der Waals surface area contributed by atoms with Crippen LogP contribution in [0.4, 0.5) is 4.79 Å². The van der Waals surface area contributed by atoms with Gasteiger partial charge in [-0.1, -0.05) is 0 Å². The number of likely N-dealkylation sites (tertiary alicyclic amines) is 1. The maximum atomic E-state index is 11.9. The Kier molecular flexibility index (Phi) is 5.76. The van der Waals surface area contributed by atoms with Gasteiger partial charge in [0.2, 0.25) is 0 Å². The van der Waals surface area contributed by atoms with Gasteiger partial charge >= 0.3 is 18.0 Å². The van der Waals surface area contributed by atoms with Gasteiger partial charge in [0, 0.05) is 31.6 Å². The van der Waals surface area contributed by atoms with Crippen molar-refractivity contribution in [3.8, 4) is 0 Å². The second kappa shape index (κ2) is 6.95. The predicted molar refractivity (Wildman–Crippen MR) is 77.6 cm³/mol. The molecule has 3 N–H and O–H groups in total. The van der Waals surface area contributed by atoms with Gasteiger partial charge < -0.3 is 25.2 Å². The van der Waals surface area contributed by atoms with Crippen molar-refractivity contribution >= 4 is 18.0 Å². The molecule has 0 aliphatic carbocycles. The Labute approximate surface area is 129 Å². The molecule has 0 aromatic rings. The lowest BCUT2D eigenvalue weighted by Crippen LogP contribution is -2.62. The highest BCUT2D eigenvalue weighted by atomic mass is 16.6. The second-order valence-electron chi connectivity index (χ2n) is 6.72. The van der Waals surface area contributed by atoms with Gasteiger partial charge in [0.25, 0.3) is 0 Å². The number of amides is 1. The number of nitrogens with zero attached hydrogens (tertiary/aromatic N) is 1. The lowest BCUT2D eigenvalue weighted by Gasteiger charge is -2.49. The van der Waals surface area contributed by atoms with Crippen molar-refractivity contribution in [3.05, 3.63) is 0 Å². The molecule has 0 aromatic heterocycles. The Morgan fingerprint density at radius 2 is 1.68 bits per heavy atom. The minimum absolute atomic E-state index is 0.154. The Hall–Kier alpha value is -1.83. The Morgan fingerprint density at radius 3 is 2.05 bits per heavy atom. The van der Waals surface area contributed by atoms with Crippen LogP contribution in [0.15, 0.2) is 0 Å². The van der Waals surface area contributed by atoms with Gasteiger partial charge in [-0.2, -0.15) is 0 Å². The van der Waals surface area contributed by atoms with Crippen LogP contribution in [0.1, 0.15) is 33.6 Å². The van der Waals surface area contributed by atoms with Crippen LogP contribution in [-0.2, 0) is 14.3 Å². The molecule has 0 aromatic carbocycles. The molecular weight excluding hydrogens is 292 g/mol. The molecule has 2 rings (SSSR count). The highest BCUT2D eigenvalue weighted by molar-refractivity contribution is 6.27. The van der Waals surface area contributed by atoms with E-state index in [1.54, 1.807) is 0 Å². The van der Waals surface area contributed by atoms with E-state index in [9.17, 15) is 4.79 Å². The average molecular weight is 316 g/mol. The lowest BCUT2D eigenvalue weighted by atomic mass is 9.75. The summed E-state index contributed by atoms with van der Waals surface area (Å²) in [5.41, 5.74) is -0.0469. The Bertz CT molecular complexity index is 427. The first-order chi connectivity index (χ1) is 10.0. The zero-order valence-electron chi connectivity index (χ0n) is 13.2. The van der Waals surface area contributed by atoms with Gasteiger partial charge in [-0.25, -0.2) is 14.4 Å². The topological polar surface area (TPSA) is 116 Å². The van der Waals surface area contributed by atoms with E-state index in [-0.39, 0.29) is 11.7 Å². The molecule has 8 heteroatoms. The SMILES string of the molecule is CC(C)(C)OC(=O)N1CCCC2(CNC2)C1.O=C(O)C(=O)O. The third kappa shape index (κ3) is 5.51. The van der Waals surface area contributed by atoms with E-state index < -0.39 is 11.9 Å². The molecule has 2 heterocycles. The number of ether oxygens (including phenoxy) is 1. The molecule has 2 aliphatic rings. The minimum Gasteiger partial charge on any atom is -0.473 e. The van der Waals surface area contributed by atoms with Crippen LogP contribution in [0, 0.1) is 5.41 Å². The highest BCUT2D eigenvalue weighted by Crippen LogP contribution is 2.33. The first-order valence-electron chi connectivity index (χ1n) is 7.20. The summed E-state index contributed by atoms with van der Waals surface area (Å²) in [5.74, 6) is -3.65. The fraction of sp³-hybridized carbons (Fsp3) is 0.786. The summed E-state index contributed by atoms with van der Waals surface area (Å²) in [5, 5.41) is 18.1. The van der Waals surface area contributed by atoms with Crippen LogP contribution in [-0.4, -0.2) is 64.9 Å². The summed E-state index contributed by atoms with van der Waals surface area (Å²) in [6, 6.07) is 0. The molecule has 0 atom stereocenters. The fourth-order valence-electron chi connectivity index (χ4n) is 2.46. The van der Waals surface area contributed by atoms with Crippen molar-refractivity contribution < 1.29 is 29.3 Å². The van der Waals surface area contributed by atoms with Gasteiger partial charge in [-0.05, 0) is 33.6 Å². The third-order valence-corrected chi connectivity index (χ3v) is 3.50. The van der Waals surface area contributed by atoms with Crippen LogP contribution in [0.2, 0.25) is 0 Å². The molecule has 1 amide bonds. The van der Waals surface area contributed by atoms with Crippen molar-refractivity contribution in [2.24, 2.45) is 5.41 Å². The number of aliphatic carboxylic acids is 2. The molecule has 0 bridgehead atoms. The maximum Gasteiger partial charge on any atom is 0.414 e. The summed E-state index contributed by atoms with van der Waals surface area (Å²) >= 11 is 0. The summed E-state index contributed by atoms with van der Waals surface area (Å²) in [6.45, 7) is 9.53. The van der Waals surface area contributed by atoms with Gasteiger partial charge in [0.15, 0.2) is 0 Å². The normalized spacial score (nSPS) is 19.5. The standard InChI is InChI=1S/C12H22N2O2.C2H2O4/c1-11(2,3)16-10(15)14-6-4-5-12(9-14)7-13-8-12;3-1(4)2(5)6/h13H,4-9H2,1-3H3;(H,3,4)(H,5,6). The van der Waals surface area contributed by atoms with Crippen molar-refractivity contribution in [2.75, 3.05) is 26.2 Å². The average Bonchev–Trinajstić information content (AvgIpc) is 2.35. The maximum absolute atomic E-state index is 11.9. The van der Waals surface area contributed by atoms with Crippen molar-refractivity contribution in [1.29, 1.82) is 0 Å². The van der Waals surface area contributed by atoms with Gasteiger partial charge in [0.1, 0.15) is 5.60 Å². The largest absolute Gasteiger partial charge is 0.473 e. The molecule has 22 heavy (non-hydrogen) atoms. The number of piperidine rings is 1. The smallest absolute Gasteiger partial charge is 0.414 e. The number of nitrogens with one attached hydrogen (secondary N) is 1. The lowest BCUT2D eigenvalue weighted by molar-refractivity contribution is -0.159. The zero-order chi connectivity index (χ0) is 17.0. The van der Waals surface area contributed by atoms with E-state index >= 15 is 0 Å². The number of rotatable bonds is 0. The zero-order valence-corrected chi connectivity index (χ0v) is 13.2. The third-order valence-electron chi connectivity index (χ3n) is 3.50. The summed E-state index contributed by atoms with van der Waals surface area (Å²) < 4.78 is 5.41. The number of carbonyl (C=O) groups is 3. The van der Waals surface area contributed by atoms with E-state index in [2.05, 4.69) is 5.32 Å². The van der Waals surface area contributed by atoms with Crippen LogP contribution >= 0.6 is 0 Å². The highest BCUT2D eigenvalue weighted by Gasteiger charge is 2.42. The first-order valence-corrected chi connectivity index (χ1v) is 7.20. The molecule has 0 saturated carbocycles. The van der Waals surface area contributed by atoms with Crippen molar-refractivity contribution in [2.45, 2.75) is 39.2 Å². The number of hydrogen-bond donors (Lipinski definition) is 3. The van der Waals surface area contributed by atoms with Crippen LogP contribution in [0.25, 0.3) is 0 Å². The van der Waals surface area contributed by atoms with Crippen molar-refractivity contribution in [1.82, 2.24) is 10.2 Å². The van der Waals surface area contributed by atoms with E-state index in [0.29, 0.717) is 5.41 Å². The molecule has 1 spiro atoms. The molecular formula is C14H24N2O6. The monoisotopic (exact) mass is 316 g/mol. The molecule has 8 nitrogen and oxygen atoms in total. The summed E-state index contributed by atoms with van der Waals surface area (Å²) in [6.07, 6.45) is 2.18. The molecule has 2 aliphatic heterocycles. The molecule has 0 unspecified atom stereocenters. The fourth-order valence-corrected chi connectivity index (χ4v) is 2.46. The van der Waals surface area contributed by atoms with E-state index in [4.69, 9.17) is 24.5 Å². The predicted octanol–water partition coefficient (Wildman–Crippen LogP) is 0.763. The van der Waals surface area contributed by atoms with Crippen LogP contribution in [0.3, 0.4) is 0 Å². The van der Waals surface area contributed by atoms with E-state index in [1.807, 2.05) is 25.7 Å². The Morgan fingerprint density at radius 1 is 1.14 bits per heavy atom.